The molecule has 8 nitrogen and oxygen atoms in total. The first kappa shape index (κ1) is 33.1. The van der Waals surface area contributed by atoms with Crippen LogP contribution in [0.4, 0.5) is 32.2 Å². The molecular formula is C28H33ClF6N4O4. The molecule has 4 rings (SSSR count). The van der Waals surface area contributed by atoms with Gasteiger partial charge in [0, 0.05) is 37.3 Å². The second kappa shape index (κ2) is 13.0. The van der Waals surface area contributed by atoms with Crippen LogP contribution in [-0.4, -0.2) is 71.8 Å². The minimum absolute atomic E-state index is 0.0211. The van der Waals surface area contributed by atoms with Gasteiger partial charge in [-0.2, -0.15) is 13.2 Å². The second-order valence-electron chi connectivity index (χ2n) is 10.9. The number of nitrogens with zero attached hydrogens (tertiary/aromatic N) is 3. The number of halogens is 7. The lowest BCUT2D eigenvalue weighted by Crippen LogP contribution is -2.57. The van der Waals surface area contributed by atoms with Crippen LogP contribution in [0.15, 0.2) is 36.4 Å². The van der Waals surface area contributed by atoms with Crippen molar-refractivity contribution in [2.45, 2.75) is 56.5 Å². The van der Waals surface area contributed by atoms with Crippen molar-refractivity contribution in [2.75, 3.05) is 38.1 Å². The zero-order valence-electron chi connectivity index (χ0n) is 23.3. The van der Waals surface area contributed by atoms with E-state index in [0.717, 1.165) is 55.5 Å². The summed E-state index contributed by atoms with van der Waals surface area (Å²) in [5, 5.41) is 23.6. The molecule has 2 aliphatic heterocycles. The number of rotatable bonds is 8. The average molecular weight is 639 g/mol. The number of ether oxygens (including phenoxy) is 1. The summed E-state index contributed by atoms with van der Waals surface area (Å²) in [4.78, 5) is 20.5. The lowest BCUT2D eigenvalue weighted by molar-refractivity contribution is -0.274. The highest BCUT2D eigenvalue weighted by Crippen LogP contribution is 2.43. The minimum Gasteiger partial charge on any atom is -0.406 e. The Balaban J connectivity index is 1.33. The maximum atomic E-state index is 14.1. The summed E-state index contributed by atoms with van der Waals surface area (Å²) in [6, 6.07) is 6.29. The van der Waals surface area contributed by atoms with Crippen molar-refractivity contribution in [2.24, 2.45) is 11.8 Å². The van der Waals surface area contributed by atoms with E-state index in [2.05, 4.69) is 19.9 Å². The number of likely N-dealkylation sites (tertiary alicyclic amines) is 1. The number of benzene rings is 1. The topological polar surface area (TPSA) is 98.2 Å². The highest BCUT2D eigenvalue weighted by molar-refractivity contribution is 6.30. The number of carbonyl (C=O) groups excluding carboxylic acids is 1. The first-order valence-electron chi connectivity index (χ1n) is 13.8. The quantitative estimate of drug-likeness (QED) is 0.209. The fourth-order valence-electron chi connectivity index (χ4n) is 5.77. The van der Waals surface area contributed by atoms with Crippen molar-refractivity contribution in [3.05, 3.63) is 52.7 Å². The number of hydrogen-bond donors (Lipinski definition) is 3. The van der Waals surface area contributed by atoms with Crippen LogP contribution in [0, 0.1) is 11.8 Å². The number of nitrogens with one attached hydrogen (secondary N) is 1. The monoisotopic (exact) mass is 638 g/mol. The van der Waals surface area contributed by atoms with Crippen LogP contribution in [-0.2, 0) is 10.4 Å². The summed E-state index contributed by atoms with van der Waals surface area (Å²) in [5.41, 5.74) is -4.60. The van der Waals surface area contributed by atoms with Gasteiger partial charge >= 0.3 is 12.5 Å². The molecular weight excluding hydrogens is 606 g/mol. The van der Waals surface area contributed by atoms with Gasteiger partial charge in [0.2, 0.25) is 0 Å². The van der Waals surface area contributed by atoms with E-state index in [0.29, 0.717) is 36.2 Å². The summed E-state index contributed by atoms with van der Waals surface area (Å²) in [5.74, 6) is -1.37. The molecule has 2 atom stereocenters. The standard InChI is InChI=1S/C28H33ClF6N4O4/c1-36-24(40)21-5-6-22(37-23(21)29)38-11-7-17(8-12-38)15-18-9-13-39(14-10-18)25(41)26(42,27(30,31)32)19-3-2-4-20(16-19)43-28(33,34)35/h2-6,16-18,24,36,40,42H,7-15H2,1H3. The molecule has 0 aliphatic carbocycles. The SMILES string of the molecule is CNC(O)c1ccc(N2CCC(CC3CCN(C(=O)C(O)(c4cccc(OC(F)(F)F)c4)C(F)(F)F)CC3)CC2)nc1Cl. The molecule has 0 radical (unpaired) electrons. The van der Waals surface area contributed by atoms with Crippen molar-refractivity contribution in [3.8, 4) is 5.75 Å². The predicted molar refractivity (Wildman–Crippen MR) is 145 cm³/mol. The van der Waals surface area contributed by atoms with Gasteiger partial charge in [-0.15, -0.1) is 13.2 Å². The number of pyridine rings is 1. The largest absolute Gasteiger partial charge is 0.573 e. The molecule has 1 aromatic heterocycles. The van der Waals surface area contributed by atoms with Crippen molar-refractivity contribution in [1.82, 2.24) is 15.2 Å². The van der Waals surface area contributed by atoms with E-state index in [4.69, 9.17) is 11.6 Å². The minimum atomic E-state index is -5.49. The maximum Gasteiger partial charge on any atom is 0.573 e. The van der Waals surface area contributed by atoms with Gasteiger partial charge in [0.1, 0.15) is 22.9 Å². The normalized spacial score (nSPS) is 19.7. The summed E-state index contributed by atoms with van der Waals surface area (Å²) in [7, 11) is 1.60. The number of piperidine rings is 2. The molecule has 1 amide bonds. The molecule has 2 aliphatic rings. The zero-order chi connectivity index (χ0) is 31.6. The molecule has 2 saturated heterocycles. The first-order valence-corrected chi connectivity index (χ1v) is 14.2. The molecule has 2 aromatic rings. The third-order valence-electron chi connectivity index (χ3n) is 8.14. The maximum absolute atomic E-state index is 14.1. The predicted octanol–water partition coefficient (Wildman–Crippen LogP) is 5.14. The van der Waals surface area contributed by atoms with Crippen molar-refractivity contribution < 1.29 is 46.1 Å². The molecule has 238 valence electrons. The Labute approximate surface area is 249 Å². The van der Waals surface area contributed by atoms with Crippen LogP contribution in [0.3, 0.4) is 0 Å². The fourth-order valence-corrected chi connectivity index (χ4v) is 6.02. The van der Waals surface area contributed by atoms with Gasteiger partial charge in [-0.25, -0.2) is 4.98 Å². The van der Waals surface area contributed by atoms with Crippen molar-refractivity contribution >= 4 is 23.3 Å². The number of hydrogen-bond acceptors (Lipinski definition) is 7. The van der Waals surface area contributed by atoms with Crippen LogP contribution >= 0.6 is 11.6 Å². The summed E-state index contributed by atoms with van der Waals surface area (Å²) < 4.78 is 83.9. The molecule has 43 heavy (non-hydrogen) atoms. The molecule has 3 heterocycles. The van der Waals surface area contributed by atoms with E-state index in [1.165, 1.54) is 0 Å². The number of anilines is 1. The number of aromatic nitrogens is 1. The van der Waals surface area contributed by atoms with Gasteiger partial charge in [0.25, 0.3) is 11.5 Å². The summed E-state index contributed by atoms with van der Waals surface area (Å²) in [6.45, 7) is 1.42. The first-order chi connectivity index (χ1) is 20.1. The van der Waals surface area contributed by atoms with Crippen LogP contribution in [0.25, 0.3) is 0 Å². The second-order valence-corrected chi connectivity index (χ2v) is 11.3. The van der Waals surface area contributed by atoms with Crippen LogP contribution in [0.1, 0.15) is 49.5 Å². The van der Waals surface area contributed by atoms with Crippen molar-refractivity contribution in [3.63, 3.8) is 0 Å². The molecule has 0 spiro atoms. The number of aliphatic hydroxyl groups excluding tert-OH is 1. The summed E-state index contributed by atoms with van der Waals surface area (Å²) >= 11 is 6.24. The number of alkyl halides is 6. The van der Waals surface area contributed by atoms with E-state index < -0.39 is 41.6 Å². The Hall–Kier alpha value is -2.81. The van der Waals surface area contributed by atoms with Gasteiger partial charge in [-0.3, -0.25) is 10.1 Å². The lowest BCUT2D eigenvalue weighted by atomic mass is 9.82. The van der Waals surface area contributed by atoms with E-state index in [-0.39, 0.29) is 24.2 Å². The average Bonchev–Trinajstić information content (AvgIpc) is 2.95. The number of aliphatic hydroxyl groups is 2. The Morgan fingerprint density at radius 2 is 1.65 bits per heavy atom. The van der Waals surface area contributed by atoms with E-state index >= 15 is 0 Å². The molecule has 0 bridgehead atoms. The molecule has 2 unspecified atom stereocenters. The number of carbonyl (C=O) groups is 1. The highest BCUT2D eigenvalue weighted by atomic mass is 35.5. The van der Waals surface area contributed by atoms with Gasteiger partial charge in [-0.05, 0) is 75.3 Å². The molecule has 0 saturated carbocycles. The molecule has 3 N–H and O–H groups in total. The smallest absolute Gasteiger partial charge is 0.406 e. The van der Waals surface area contributed by atoms with Gasteiger partial charge in [-0.1, -0.05) is 23.7 Å². The Morgan fingerprint density at radius 3 is 2.19 bits per heavy atom. The number of amides is 1. The van der Waals surface area contributed by atoms with E-state index in [1.807, 2.05) is 0 Å². The highest BCUT2D eigenvalue weighted by Gasteiger charge is 2.62. The third kappa shape index (κ3) is 7.65. The molecule has 2 fully saturated rings. The summed E-state index contributed by atoms with van der Waals surface area (Å²) in [6.07, 6.45) is -8.15. The Bertz CT molecular complexity index is 1270. The molecule has 1 aromatic carbocycles. The van der Waals surface area contributed by atoms with Crippen LogP contribution < -0.4 is 15.0 Å². The molecule has 15 heteroatoms. The fraction of sp³-hybridized carbons (Fsp3) is 0.571. The van der Waals surface area contributed by atoms with Gasteiger partial charge < -0.3 is 24.7 Å². The van der Waals surface area contributed by atoms with E-state index in [9.17, 15) is 41.4 Å². The van der Waals surface area contributed by atoms with Crippen molar-refractivity contribution in [1.29, 1.82) is 0 Å². The van der Waals surface area contributed by atoms with E-state index in [1.54, 1.807) is 19.2 Å². The lowest BCUT2D eigenvalue weighted by Gasteiger charge is -2.40. The third-order valence-corrected chi connectivity index (χ3v) is 8.45. The zero-order valence-corrected chi connectivity index (χ0v) is 24.0. The van der Waals surface area contributed by atoms with Gasteiger partial charge in [0.15, 0.2) is 0 Å². The Morgan fingerprint density at radius 1 is 1.05 bits per heavy atom. The van der Waals surface area contributed by atoms with Crippen LogP contribution in [0.5, 0.6) is 5.75 Å². The Kier molecular flexibility index (Phi) is 10.0. The van der Waals surface area contributed by atoms with Gasteiger partial charge in [0.05, 0.1) is 0 Å². The van der Waals surface area contributed by atoms with Crippen LogP contribution in [0.2, 0.25) is 5.15 Å².